The average molecular weight is 391 g/mol. The highest BCUT2D eigenvalue weighted by Gasteiger charge is 2.23. The Morgan fingerprint density at radius 3 is 2.43 bits per heavy atom. The number of benzene rings is 1. The number of piperidine rings is 1. The van der Waals surface area contributed by atoms with Crippen LogP contribution in [-0.2, 0) is 14.3 Å². The Morgan fingerprint density at radius 1 is 1.07 bits per heavy atom. The summed E-state index contributed by atoms with van der Waals surface area (Å²) in [5.74, 6) is -0.627. The average Bonchev–Trinajstić information content (AvgIpc) is 2.69. The number of hydrogen-bond acceptors (Lipinski definition) is 6. The van der Waals surface area contributed by atoms with Gasteiger partial charge in [0.1, 0.15) is 0 Å². The number of anilines is 1. The van der Waals surface area contributed by atoms with E-state index in [0.717, 1.165) is 12.8 Å². The predicted octanol–water partition coefficient (Wildman–Crippen LogP) is 2.40. The Kier molecular flexibility index (Phi) is 8.74. The van der Waals surface area contributed by atoms with Crippen molar-refractivity contribution in [2.45, 2.75) is 39.2 Å². The van der Waals surface area contributed by atoms with Gasteiger partial charge >= 0.3 is 12.1 Å². The van der Waals surface area contributed by atoms with Crippen molar-refractivity contribution < 1.29 is 23.9 Å². The molecular weight excluding hydrogens is 362 g/mol. The van der Waals surface area contributed by atoms with Crippen molar-refractivity contribution in [3.05, 3.63) is 29.8 Å². The molecule has 0 radical (unpaired) electrons. The minimum atomic E-state index is -0.454. The highest BCUT2D eigenvalue weighted by Crippen LogP contribution is 2.16. The molecule has 1 heterocycles. The van der Waals surface area contributed by atoms with Gasteiger partial charge in [-0.2, -0.15) is 0 Å². The van der Waals surface area contributed by atoms with Crippen LogP contribution in [0.25, 0.3) is 0 Å². The van der Waals surface area contributed by atoms with E-state index >= 15 is 0 Å². The summed E-state index contributed by atoms with van der Waals surface area (Å²) in [5, 5.41) is 6.13. The fourth-order valence-electron chi connectivity index (χ4n) is 3.06. The van der Waals surface area contributed by atoms with Gasteiger partial charge in [-0.1, -0.05) is 12.1 Å². The van der Waals surface area contributed by atoms with E-state index in [1.165, 1.54) is 0 Å². The van der Waals surface area contributed by atoms with Crippen molar-refractivity contribution in [1.29, 1.82) is 0 Å². The van der Waals surface area contributed by atoms with Gasteiger partial charge in [-0.3, -0.25) is 4.79 Å². The third kappa shape index (κ3) is 6.53. The molecule has 1 aliphatic rings. The summed E-state index contributed by atoms with van der Waals surface area (Å²) < 4.78 is 10.0. The molecule has 1 aliphatic heterocycles. The van der Waals surface area contributed by atoms with Crippen molar-refractivity contribution >= 4 is 23.7 Å². The number of likely N-dealkylation sites (tertiary alicyclic amines) is 1. The summed E-state index contributed by atoms with van der Waals surface area (Å²) in [4.78, 5) is 37.6. The summed E-state index contributed by atoms with van der Waals surface area (Å²) >= 11 is 0. The van der Waals surface area contributed by atoms with Crippen molar-refractivity contribution in [3.63, 3.8) is 0 Å². The number of ether oxygens (including phenoxy) is 2. The lowest BCUT2D eigenvalue weighted by Crippen LogP contribution is -2.45. The van der Waals surface area contributed by atoms with Crippen molar-refractivity contribution in [3.8, 4) is 0 Å². The first-order chi connectivity index (χ1) is 13.5. The van der Waals surface area contributed by atoms with Gasteiger partial charge in [-0.25, -0.2) is 9.59 Å². The van der Waals surface area contributed by atoms with Crippen LogP contribution in [0.2, 0.25) is 0 Å². The summed E-state index contributed by atoms with van der Waals surface area (Å²) in [5.41, 5.74) is 0.797. The first-order valence-electron chi connectivity index (χ1n) is 9.76. The monoisotopic (exact) mass is 391 g/mol. The Balaban J connectivity index is 1.73. The molecule has 1 aromatic rings. The predicted molar refractivity (Wildman–Crippen MR) is 105 cm³/mol. The number of nitrogens with one attached hydrogen (secondary N) is 2. The van der Waals surface area contributed by atoms with Crippen LogP contribution in [0.3, 0.4) is 0 Å². The summed E-state index contributed by atoms with van der Waals surface area (Å²) in [6.45, 7) is 6.01. The second-order valence-corrected chi connectivity index (χ2v) is 6.48. The first kappa shape index (κ1) is 21.7. The number of carbonyl (C=O) groups excluding carboxylic acids is 3. The second kappa shape index (κ2) is 11.3. The van der Waals surface area contributed by atoms with E-state index in [9.17, 15) is 14.4 Å². The molecule has 8 heteroatoms. The number of rotatable bonds is 8. The molecule has 2 N–H and O–H groups in total. The molecule has 0 saturated carbocycles. The van der Waals surface area contributed by atoms with E-state index in [4.69, 9.17) is 9.47 Å². The minimum Gasteiger partial charge on any atom is -0.462 e. The molecule has 0 spiro atoms. The molecule has 1 aromatic carbocycles. The maximum absolute atomic E-state index is 12.2. The Morgan fingerprint density at radius 2 is 1.75 bits per heavy atom. The molecule has 0 unspecified atom stereocenters. The van der Waals surface area contributed by atoms with Crippen LogP contribution in [0.4, 0.5) is 10.5 Å². The zero-order valence-electron chi connectivity index (χ0n) is 16.5. The molecule has 0 atom stereocenters. The van der Waals surface area contributed by atoms with Gasteiger partial charge in [-0.05, 0) is 38.8 Å². The van der Waals surface area contributed by atoms with Gasteiger partial charge in [0.15, 0.2) is 0 Å². The number of hydrogen-bond donors (Lipinski definition) is 2. The largest absolute Gasteiger partial charge is 0.462 e. The number of nitrogens with zero attached hydrogens (tertiary/aromatic N) is 1. The van der Waals surface area contributed by atoms with Gasteiger partial charge < -0.3 is 25.0 Å². The van der Waals surface area contributed by atoms with E-state index in [1.807, 2.05) is 0 Å². The summed E-state index contributed by atoms with van der Waals surface area (Å²) in [6, 6.07) is 7.07. The first-order valence-corrected chi connectivity index (χ1v) is 9.76. The van der Waals surface area contributed by atoms with Gasteiger partial charge in [0.2, 0.25) is 5.91 Å². The topological polar surface area (TPSA) is 97.0 Å². The number of amides is 2. The van der Waals surface area contributed by atoms with E-state index in [-0.39, 0.29) is 31.1 Å². The number of esters is 1. The summed E-state index contributed by atoms with van der Waals surface area (Å²) in [6.07, 6.45) is 1.67. The SMILES string of the molecule is CCOC(=O)c1ccccc1NC(=O)CCNC1CCN(C(=O)OCC)CC1. The van der Waals surface area contributed by atoms with Crippen molar-refractivity contribution in [2.24, 2.45) is 0 Å². The van der Waals surface area contributed by atoms with Gasteiger partial charge in [0.05, 0.1) is 24.5 Å². The molecule has 154 valence electrons. The van der Waals surface area contributed by atoms with Crippen LogP contribution < -0.4 is 10.6 Å². The Hall–Kier alpha value is -2.61. The van der Waals surface area contributed by atoms with Gasteiger partial charge in [-0.15, -0.1) is 0 Å². The lowest BCUT2D eigenvalue weighted by Gasteiger charge is -2.31. The standard InChI is InChI=1S/C20H29N3O5/c1-3-27-19(25)16-7-5-6-8-17(16)22-18(24)9-12-21-15-10-13-23(14-11-15)20(26)28-4-2/h5-8,15,21H,3-4,9-14H2,1-2H3,(H,22,24). The van der Waals surface area contributed by atoms with E-state index in [2.05, 4.69) is 10.6 Å². The molecule has 8 nitrogen and oxygen atoms in total. The maximum atomic E-state index is 12.2. The number of para-hydroxylation sites is 1. The van der Waals surface area contributed by atoms with Crippen molar-refractivity contribution in [2.75, 3.05) is 38.2 Å². The van der Waals surface area contributed by atoms with Crippen LogP contribution in [0.1, 0.15) is 43.5 Å². The maximum Gasteiger partial charge on any atom is 0.409 e. The quantitative estimate of drug-likeness (QED) is 0.661. The Labute approximate surface area is 165 Å². The third-order valence-corrected chi connectivity index (χ3v) is 4.50. The zero-order valence-corrected chi connectivity index (χ0v) is 16.5. The molecule has 0 aliphatic carbocycles. The highest BCUT2D eigenvalue weighted by atomic mass is 16.6. The third-order valence-electron chi connectivity index (χ3n) is 4.50. The fraction of sp³-hybridized carbons (Fsp3) is 0.550. The smallest absolute Gasteiger partial charge is 0.409 e. The van der Waals surface area contributed by atoms with E-state index in [0.29, 0.717) is 37.5 Å². The lowest BCUT2D eigenvalue weighted by molar-refractivity contribution is -0.116. The van der Waals surface area contributed by atoms with Crippen LogP contribution in [0.5, 0.6) is 0 Å². The molecule has 0 aromatic heterocycles. The molecule has 1 saturated heterocycles. The van der Waals surface area contributed by atoms with Gasteiger partial charge in [0, 0.05) is 32.1 Å². The minimum absolute atomic E-state index is 0.173. The van der Waals surface area contributed by atoms with Gasteiger partial charge in [0.25, 0.3) is 0 Å². The molecular formula is C20H29N3O5. The molecule has 28 heavy (non-hydrogen) atoms. The van der Waals surface area contributed by atoms with Crippen LogP contribution in [0.15, 0.2) is 24.3 Å². The van der Waals surface area contributed by atoms with Crippen LogP contribution >= 0.6 is 0 Å². The highest BCUT2D eigenvalue weighted by molar-refractivity contribution is 6.01. The van der Waals surface area contributed by atoms with Crippen LogP contribution in [-0.4, -0.2) is 61.8 Å². The van der Waals surface area contributed by atoms with Crippen LogP contribution in [0, 0.1) is 0 Å². The molecule has 1 fully saturated rings. The fourth-order valence-corrected chi connectivity index (χ4v) is 3.06. The molecule has 2 rings (SSSR count). The normalized spacial score (nSPS) is 14.4. The number of carbonyl (C=O) groups is 3. The lowest BCUT2D eigenvalue weighted by atomic mass is 10.1. The Bertz CT molecular complexity index is 672. The zero-order chi connectivity index (χ0) is 20.4. The summed E-state index contributed by atoms with van der Waals surface area (Å²) in [7, 11) is 0. The van der Waals surface area contributed by atoms with Crippen molar-refractivity contribution in [1.82, 2.24) is 10.2 Å². The molecule has 0 bridgehead atoms. The van der Waals surface area contributed by atoms with E-state index < -0.39 is 5.97 Å². The van der Waals surface area contributed by atoms with E-state index in [1.54, 1.807) is 43.0 Å². The second-order valence-electron chi connectivity index (χ2n) is 6.48. The molecule has 2 amide bonds.